The Kier molecular flexibility index (Phi) is 3.42. The molecule has 2 saturated carbocycles. The van der Waals surface area contributed by atoms with Gasteiger partial charge in [-0.2, -0.15) is 0 Å². The predicted molar refractivity (Wildman–Crippen MR) is 101 cm³/mol. The number of benzene rings is 1. The number of anilines is 1. The Bertz CT molecular complexity index is 1080. The van der Waals surface area contributed by atoms with Gasteiger partial charge in [-0.25, -0.2) is 9.18 Å². The standard InChI is InChI=1S/C20H24FN3O3/c1-10-14-16(24(13-3-4-13)19(26)22-18(14)25)11(2)17(15(10)21)23-8-5-12(9-23)20(27)6-7-20/h12-13,27H,3-9H2,1-2H3,(H,22,25,26). The average Bonchev–Trinajstić information content (AvgIpc) is 3.53. The fourth-order valence-electron chi connectivity index (χ4n) is 4.82. The van der Waals surface area contributed by atoms with E-state index in [2.05, 4.69) is 4.98 Å². The van der Waals surface area contributed by atoms with Crippen LogP contribution in [0.3, 0.4) is 0 Å². The molecule has 0 amide bonds. The minimum absolute atomic E-state index is 0.0757. The summed E-state index contributed by atoms with van der Waals surface area (Å²) in [6.07, 6.45) is 4.26. The quantitative estimate of drug-likeness (QED) is 0.864. The first-order chi connectivity index (χ1) is 12.8. The highest BCUT2D eigenvalue weighted by Crippen LogP contribution is 2.47. The number of hydrogen-bond donors (Lipinski definition) is 2. The van der Waals surface area contributed by atoms with Crippen LogP contribution in [-0.4, -0.2) is 33.3 Å². The number of nitrogens with zero attached hydrogens (tertiary/aromatic N) is 2. The summed E-state index contributed by atoms with van der Waals surface area (Å²) in [5.74, 6) is -0.243. The van der Waals surface area contributed by atoms with Crippen LogP contribution in [0.2, 0.25) is 0 Å². The molecule has 3 aliphatic rings. The minimum atomic E-state index is -0.585. The Morgan fingerprint density at radius 3 is 2.48 bits per heavy atom. The molecule has 144 valence electrons. The second-order valence-corrected chi connectivity index (χ2v) is 8.53. The molecule has 1 saturated heterocycles. The number of halogens is 1. The van der Waals surface area contributed by atoms with Crippen molar-refractivity contribution in [3.05, 3.63) is 37.8 Å². The Morgan fingerprint density at radius 2 is 1.85 bits per heavy atom. The van der Waals surface area contributed by atoms with Crippen molar-refractivity contribution < 1.29 is 9.50 Å². The van der Waals surface area contributed by atoms with E-state index in [-0.39, 0.29) is 22.9 Å². The lowest BCUT2D eigenvalue weighted by Gasteiger charge is -2.26. The summed E-state index contributed by atoms with van der Waals surface area (Å²) < 4.78 is 17.0. The molecular formula is C20H24FN3O3. The molecule has 27 heavy (non-hydrogen) atoms. The fraction of sp³-hybridized carbons (Fsp3) is 0.600. The van der Waals surface area contributed by atoms with Crippen LogP contribution in [0.15, 0.2) is 9.59 Å². The zero-order valence-corrected chi connectivity index (χ0v) is 15.6. The molecule has 2 aromatic rings. The summed E-state index contributed by atoms with van der Waals surface area (Å²) in [6.45, 7) is 4.69. The Hall–Kier alpha value is -2.15. The van der Waals surface area contributed by atoms with Gasteiger partial charge < -0.3 is 10.0 Å². The second-order valence-electron chi connectivity index (χ2n) is 8.53. The van der Waals surface area contributed by atoms with Crippen LogP contribution in [0.1, 0.15) is 49.3 Å². The van der Waals surface area contributed by atoms with E-state index in [0.29, 0.717) is 29.9 Å². The number of rotatable bonds is 3. The normalized spacial score (nSPS) is 24.0. The van der Waals surface area contributed by atoms with Gasteiger partial charge in [-0.15, -0.1) is 0 Å². The molecule has 5 rings (SSSR count). The maximum atomic E-state index is 15.4. The van der Waals surface area contributed by atoms with E-state index >= 15 is 4.39 Å². The van der Waals surface area contributed by atoms with Crippen LogP contribution in [0.4, 0.5) is 10.1 Å². The molecule has 1 aromatic heterocycles. The van der Waals surface area contributed by atoms with Crippen molar-refractivity contribution in [3.63, 3.8) is 0 Å². The minimum Gasteiger partial charge on any atom is -0.390 e. The average molecular weight is 373 g/mol. The van der Waals surface area contributed by atoms with E-state index < -0.39 is 22.7 Å². The van der Waals surface area contributed by atoms with Crippen LogP contribution < -0.4 is 16.1 Å². The summed E-state index contributed by atoms with van der Waals surface area (Å²) in [5, 5.41) is 10.7. The molecule has 0 radical (unpaired) electrons. The van der Waals surface area contributed by atoms with Gasteiger partial charge in [0, 0.05) is 36.2 Å². The summed E-state index contributed by atoms with van der Waals surface area (Å²) in [4.78, 5) is 29.3. The molecule has 0 bridgehead atoms. The Balaban J connectivity index is 1.73. The number of fused-ring (bicyclic) bond motifs is 1. The Labute approximate surface area is 155 Å². The van der Waals surface area contributed by atoms with Gasteiger partial charge >= 0.3 is 5.69 Å². The van der Waals surface area contributed by atoms with Crippen LogP contribution >= 0.6 is 0 Å². The third-order valence-electron chi connectivity index (χ3n) is 6.71. The van der Waals surface area contributed by atoms with Crippen LogP contribution in [0.5, 0.6) is 0 Å². The first-order valence-corrected chi connectivity index (χ1v) is 9.76. The van der Waals surface area contributed by atoms with Crippen molar-refractivity contribution in [2.24, 2.45) is 5.92 Å². The van der Waals surface area contributed by atoms with Gasteiger partial charge in [0.1, 0.15) is 0 Å². The lowest BCUT2D eigenvalue weighted by Crippen LogP contribution is -2.32. The molecule has 6 nitrogen and oxygen atoms in total. The smallest absolute Gasteiger partial charge is 0.329 e. The molecule has 0 spiro atoms. The predicted octanol–water partition coefficient (Wildman–Crippen LogP) is 2.13. The van der Waals surface area contributed by atoms with Crippen LogP contribution in [0, 0.1) is 25.6 Å². The van der Waals surface area contributed by atoms with Gasteiger partial charge in [-0.3, -0.25) is 14.3 Å². The number of aryl methyl sites for hydroxylation is 2. The number of aliphatic hydroxyl groups is 1. The number of nitrogens with one attached hydrogen (secondary N) is 1. The molecule has 2 N–H and O–H groups in total. The maximum absolute atomic E-state index is 15.4. The summed E-state index contributed by atoms with van der Waals surface area (Å²) in [7, 11) is 0. The molecule has 1 unspecified atom stereocenters. The highest BCUT2D eigenvalue weighted by Gasteiger charge is 2.50. The van der Waals surface area contributed by atoms with Crippen LogP contribution in [0.25, 0.3) is 10.9 Å². The number of H-pyrrole nitrogens is 1. The van der Waals surface area contributed by atoms with E-state index in [1.165, 1.54) is 0 Å². The van der Waals surface area contributed by atoms with Gasteiger partial charge in [-0.05, 0) is 46.0 Å². The summed E-state index contributed by atoms with van der Waals surface area (Å²) in [5.41, 5.74) is 0.450. The van der Waals surface area contributed by atoms with E-state index in [9.17, 15) is 14.7 Å². The second kappa shape index (κ2) is 5.44. The molecule has 3 fully saturated rings. The monoisotopic (exact) mass is 373 g/mol. The van der Waals surface area contributed by atoms with Gasteiger partial charge in [0.15, 0.2) is 5.82 Å². The van der Waals surface area contributed by atoms with E-state index in [1.807, 2.05) is 4.90 Å². The first kappa shape index (κ1) is 17.0. The van der Waals surface area contributed by atoms with Gasteiger partial charge in [0.2, 0.25) is 0 Å². The molecule has 1 atom stereocenters. The van der Waals surface area contributed by atoms with Gasteiger partial charge in [0.05, 0.1) is 22.2 Å². The summed E-state index contributed by atoms with van der Waals surface area (Å²) in [6, 6.07) is 0.0757. The first-order valence-electron chi connectivity index (χ1n) is 9.76. The molecule has 1 aromatic carbocycles. The van der Waals surface area contributed by atoms with E-state index in [4.69, 9.17) is 0 Å². The van der Waals surface area contributed by atoms with E-state index in [0.717, 1.165) is 32.1 Å². The SMILES string of the molecule is Cc1c(F)c(N2CCC(C3(O)CC3)C2)c(C)c2c1c(=O)[nH]c(=O)n2C1CC1. The van der Waals surface area contributed by atoms with Crippen molar-refractivity contribution in [2.45, 2.75) is 57.6 Å². The molecular weight excluding hydrogens is 349 g/mol. The van der Waals surface area contributed by atoms with Gasteiger partial charge in [-0.1, -0.05) is 0 Å². The molecule has 7 heteroatoms. The van der Waals surface area contributed by atoms with E-state index in [1.54, 1.807) is 18.4 Å². The van der Waals surface area contributed by atoms with Crippen molar-refractivity contribution in [3.8, 4) is 0 Å². The van der Waals surface area contributed by atoms with Crippen molar-refractivity contribution in [1.29, 1.82) is 0 Å². The third kappa shape index (κ3) is 2.40. The van der Waals surface area contributed by atoms with Crippen molar-refractivity contribution >= 4 is 16.6 Å². The lowest BCUT2D eigenvalue weighted by molar-refractivity contribution is 0.0922. The Morgan fingerprint density at radius 1 is 1.15 bits per heavy atom. The van der Waals surface area contributed by atoms with Crippen LogP contribution in [-0.2, 0) is 0 Å². The van der Waals surface area contributed by atoms with Crippen molar-refractivity contribution in [1.82, 2.24) is 9.55 Å². The number of aromatic nitrogens is 2. The van der Waals surface area contributed by atoms with Crippen molar-refractivity contribution in [2.75, 3.05) is 18.0 Å². The molecule has 1 aliphatic heterocycles. The zero-order chi connectivity index (χ0) is 19.1. The molecule has 2 heterocycles. The number of hydrogen-bond acceptors (Lipinski definition) is 4. The zero-order valence-electron chi connectivity index (χ0n) is 15.6. The lowest BCUT2D eigenvalue weighted by atomic mass is 9.99. The maximum Gasteiger partial charge on any atom is 0.329 e. The summed E-state index contributed by atoms with van der Waals surface area (Å²) >= 11 is 0. The highest BCUT2D eigenvalue weighted by molar-refractivity contribution is 5.90. The molecule has 2 aliphatic carbocycles. The third-order valence-corrected chi connectivity index (χ3v) is 6.71. The van der Waals surface area contributed by atoms with Gasteiger partial charge in [0.25, 0.3) is 5.56 Å². The fourth-order valence-corrected chi connectivity index (χ4v) is 4.82. The highest BCUT2D eigenvalue weighted by atomic mass is 19.1. The largest absolute Gasteiger partial charge is 0.390 e. The topological polar surface area (TPSA) is 78.3 Å². The number of aromatic amines is 1.